The van der Waals surface area contributed by atoms with Crippen LogP contribution >= 0.6 is 0 Å². The molecular formula is C14H27N3O2. The summed E-state index contributed by atoms with van der Waals surface area (Å²) in [5.74, 6) is -0.349. The molecule has 1 heterocycles. The van der Waals surface area contributed by atoms with Gasteiger partial charge < -0.3 is 4.74 Å². The zero-order valence-electron chi connectivity index (χ0n) is 12.6. The minimum atomic E-state index is -0.349. The molecule has 0 amide bonds. The van der Waals surface area contributed by atoms with Gasteiger partial charge in [-0.15, -0.1) is 0 Å². The fourth-order valence-corrected chi connectivity index (χ4v) is 2.01. The lowest BCUT2D eigenvalue weighted by Gasteiger charge is -2.45. The molecule has 5 nitrogen and oxygen atoms in total. The minimum Gasteiger partial charge on any atom is -0.461 e. The summed E-state index contributed by atoms with van der Waals surface area (Å²) in [6, 6.07) is 1.03. The second kappa shape index (κ2) is 7.62. The molecule has 1 saturated heterocycles. The van der Waals surface area contributed by atoms with Gasteiger partial charge in [0, 0.05) is 24.7 Å². The molecule has 1 aliphatic rings. The van der Waals surface area contributed by atoms with Crippen LogP contribution in [-0.4, -0.2) is 65.9 Å². The maximum absolute atomic E-state index is 11.0. The van der Waals surface area contributed by atoms with Crippen molar-refractivity contribution < 1.29 is 9.53 Å². The Labute approximate surface area is 116 Å². The van der Waals surface area contributed by atoms with Gasteiger partial charge in [-0.05, 0) is 27.7 Å². The summed E-state index contributed by atoms with van der Waals surface area (Å²) < 4.78 is 5.05. The van der Waals surface area contributed by atoms with Gasteiger partial charge in [-0.1, -0.05) is 6.58 Å². The largest absolute Gasteiger partial charge is 0.461 e. The molecular weight excluding hydrogens is 242 g/mol. The Bertz CT molecular complexity index is 289. The van der Waals surface area contributed by atoms with Crippen LogP contribution < -0.4 is 0 Å². The normalized spacial score (nSPS) is 19.1. The number of carbonyl (C=O) groups is 1. The van der Waals surface area contributed by atoms with E-state index in [1.54, 1.807) is 0 Å². The minimum absolute atomic E-state index is 0.349. The molecule has 0 radical (unpaired) electrons. The molecule has 0 aromatic rings. The maximum atomic E-state index is 11.0. The maximum Gasteiger partial charge on any atom is 0.330 e. The van der Waals surface area contributed by atoms with Gasteiger partial charge in [0.05, 0.1) is 20.0 Å². The van der Waals surface area contributed by atoms with Crippen molar-refractivity contribution in [1.82, 2.24) is 14.7 Å². The fraction of sp³-hybridized carbons (Fsp3) is 0.786. The van der Waals surface area contributed by atoms with Crippen molar-refractivity contribution in [3.05, 3.63) is 12.7 Å². The molecule has 110 valence electrons. The highest BCUT2D eigenvalue weighted by molar-refractivity contribution is 5.81. The van der Waals surface area contributed by atoms with E-state index in [-0.39, 0.29) is 5.97 Å². The molecule has 0 aliphatic carbocycles. The Balaban J connectivity index is 2.47. The fourth-order valence-electron chi connectivity index (χ4n) is 2.01. The van der Waals surface area contributed by atoms with Crippen molar-refractivity contribution in [2.45, 2.75) is 39.8 Å². The SMILES string of the molecule is C=CC(=O)OCCN1CN(C(C)C)CN(C(C)C)C1. The monoisotopic (exact) mass is 269 g/mol. The van der Waals surface area contributed by atoms with E-state index in [0.29, 0.717) is 18.7 Å². The van der Waals surface area contributed by atoms with Crippen LogP contribution in [0.2, 0.25) is 0 Å². The first kappa shape index (κ1) is 16.1. The molecule has 0 saturated carbocycles. The molecule has 0 unspecified atom stereocenters. The van der Waals surface area contributed by atoms with E-state index >= 15 is 0 Å². The van der Waals surface area contributed by atoms with Crippen molar-refractivity contribution >= 4 is 5.97 Å². The van der Waals surface area contributed by atoms with Crippen LogP contribution in [0, 0.1) is 0 Å². The van der Waals surface area contributed by atoms with Gasteiger partial charge in [0.1, 0.15) is 6.61 Å². The lowest BCUT2D eigenvalue weighted by Crippen LogP contribution is -2.58. The molecule has 0 bridgehead atoms. The number of hydrogen-bond acceptors (Lipinski definition) is 5. The summed E-state index contributed by atoms with van der Waals surface area (Å²) in [6.45, 7) is 16.2. The highest BCUT2D eigenvalue weighted by Gasteiger charge is 2.26. The van der Waals surface area contributed by atoms with E-state index in [1.807, 2.05) is 0 Å². The molecule has 1 rings (SSSR count). The Morgan fingerprint density at radius 2 is 1.68 bits per heavy atom. The van der Waals surface area contributed by atoms with Gasteiger partial charge >= 0.3 is 5.97 Å². The Kier molecular flexibility index (Phi) is 6.48. The van der Waals surface area contributed by atoms with E-state index in [1.165, 1.54) is 6.08 Å². The van der Waals surface area contributed by atoms with Crippen molar-refractivity contribution in [3.63, 3.8) is 0 Å². The lowest BCUT2D eigenvalue weighted by atomic mass is 10.3. The van der Waals surface area contributed by atoms with Crippen LogP contribution in [0.15, 0.2) is 12.7 Å². The summed E-state index contributed by atoms with van der Waals surface area (Å²) >= 11 is 0. The summed E-state index contributed by atoms with van der Waals surface area (Å²) in [5.41, 5.74) is 0. The molecule has 0 aromatic carbocycles. The van der Waals surface area contributed by atoms with Gasteiger partial charge in [-0.25, -0.2) is 4.79 Å². The van der Waals surface area contributed by atoms with E-state index in [2.05, 4.69) is 49.0 Å². The molecule has 5 heteroatoms. The lowest BCUT2D eigenvalue weighted by molar-refractivity contribution is -0.139. The average Bonchev–Trinajstić information content (AvgIpc) is 2.38. The van der Waals surface area contributed by atoms with Crippen LogP contribution in [0.1, 0.15) is 27.7 Å². The number of nitrogens with zero attached hydrogens (tertiary/aromatic N) is 3. The Morgan fingerprint density at radius 1 is 1.16 bits per heavy atom. The zero-order chi connectivity index (χ0) is 14.4. The first-order chi connectivity index (χ1) is 8.93. The van der Waals surface area contributed by atoms with Crippen LogP contribution in [0.5, 0.6) is 0 Å². The molecule has 19 heavy (non-hydrogen) atoms. The highest BCUT2D eigenvalue weighted by atomic mass is 16.5. The van der Waals surface area contributed by atoms with Gasteiger partial charge in [0.2, 0.25) is 0 Å². The van der Waals surface area contributed by atoms with Crippen molar-refractivity contribution in [1.29, 1.82) is 0 Å². The van der Waals surface area contributed by atoms with Gasteiger partial charge in [0.25, 0.3) is 0 Å². The second-order valence-corrected chi connectivity index (χ2v) is 5.56. The smallest absolute Gasteiger partial charge is 0.330 e. The number of ether oxygens (including phenoxy) is 1. The topological polar surface area (TPSA) is 36.0 Å². The summed E-state index contributed by atoms with van der Waals surface area (Å²) in [7, 11) is 0. The second-order valence-electron chi connectivity index (χ2n) is 5.56. The standard InChI is InChI=1S/C14H27N3O2/c1-6-14(18)19-8-7-15-9-16(12(2)3)11-17(10-15)13(4)5/h6,12-13H,1,7-11H2,2-5H3. The first-order valence-electron chi connectivity index (χ1n) is 6.93. The van der Waals surface area contributed by atoms with Crippen LogP contribution in [0.25, 0.3) is 0 Å². The average molecular weight is 269 g/mol. The van der Waals surface area contributed by atoms with Gasteiger partial charge in [-0.2, -0.15) is 0 Å². The van der Waals surface area contributed by atoms with Crippen LogP contribution in [-0.2, 0) is 9.53 Å². The number of carbonyl (C=O) groups excluding carboxylic acids is 1. The molecule has 0 spiro atoms. The molecule has 1 fully saturated rings. The van der Waals surface area contributed by atoms with Crippen molar-refractivity contribution in [2.75, 3.05) is 33.2 Å². The quantitative estimate of drug-likeness (QED) is 0.537. The molecule has 0 atom stereocenters. The van der Waals surface area contributed by atoms with E-state index < -0.39 is 0 Å². The first-order valence-corrected chi connectivity index (χ1v) is 6.93. The van der Waals surface area contributed by atoms with E-state index in [9.17, 15) is 4.79 Å². The third kappa shape index (κ3) is 5.30. The number of esters is 1. The summed E-state index contributed by atoms with van der Waals surface area (Å²) in [4.78, 5) is 18.2. The number of hydrogen-bond donors (Lipinski definition) is 0. The zero-order valence-corrected chi connectivity index (χ0v) is 12.6. The third-order valence-corrected chi connectivity index (χ3v) is 3.41. The van der Waals surface area contributed by atoms with Gasteiger partial charge in [0.15, 0.2) is 0 Å². The van der Waals surface area contributed by atoms with E-state index in [0.717, 1.165) is 26.6 Å². The Morgan fingerprint density at radius 3 is 2.11 bits per heavy atom. The molecule has 0 N–H and O–H groups in total. The predicted octanol–water partition coefficient (Wildman–Crippen LogP) is 1.32. The third-order valence-electron chi connectivity index (χ3n) is 3.41. The van der Waals surface area contributed by atoms with E-state index in [4.69, 9.17) is 4.74 Å². The van der Waals surface area contributed by atoms with Gasteiger partial charge in [-0.3, -0.25) is 14.7 Å². The van der Waals surface area contributed by atoms with Crippen molar-refractivity contribution in [2.24, 2.45) is 0 Å². The van der Waals surface area contributed by atoms with Crippen molar-refractivity contribution in [3.8, 4) is 0 Å². The molecule has 1 aliphatic heterocycles. The van der Waals surface area contributed by atoms with Crippen LogP contribution in [0.4, 0.5) is 0 Å². The number of rotatable bonds is 6. The van der Waals surface area contributed by atoms with Crippen LogP contribution in [0.3, 0.4) is 0 Å². The molecule has 0 aromatic heterocycles. The highest BCUT2D eigenvalue weighted by Crippen LogP contribution is 2.13. The summed E-state index contributed by atoms with van der Waals surface area (Å²) in [6.07, 6.45) is 1.21. The Hall–Kier alpha value is -0.910. The predicted molar refractivity (Wildman–Crippen MR) is 76.4 cm³/mol. The summed E-state index contributed by atoms with van der Waals surface area (Å²) in [5, 5.41) is 0.